The number of nitrogens with zero attached hydrogens (tertiary/aromatic N) is 2. The van der Waals surface area contributed by atoms with Crippen molar-refractivity contribution in [1.29, 1.82) is 0 Å². The highest BCUT2D eigenvalue weighted by molar-refractivity contribution is 5.94. The number of aromatic nitrogens is 2. The van der Waals surface area contributed by atoms with Gasteiger partial charge in [0.1, 0.15) is 12.4 Å². The lowest BCUT2D eigenvalue weighted by Crippen LogP contribution is -2.43. The highest BCUT2D eigenvalue weighted by Crippen LogP contribution is 2.42. The third kappa shape index (κ3) is 4.21. The lowest BCUT2D eigenvalue weighted by atomic mass is 9.82. The van der Waals surface area contributed by atoms with Gasteiger partial charge in [-0.25, -0.2) is 9.59 Å². The lowest BCUT2D eigenvalue weighted by Gasteiger charge is -2.31. The Morgan fingerprint density at radius 2 is 1.66 bits per heavy atom. The maximum Gasteiger partial charge on any atom is 0.337 e. The number of fused-ring (bicyclic) bond motifs is 1. The maximum atomic E-state index is 13.4. The number of hydrogen-bond donors (Lipinski definition) is 1. The first kappa shape index (κ1) is 23.9. The molecule has 1 N–H and O–H groups in total. The van der Waals surface area contributed by atoms with E-state index in [1.165, 1.54) is 25.8 Å². The van der Waals surface area contributed by atoms with Crippen molar-refractivity contribution in [2.45, 2.75) is 19.4 Å². The SMILES string of the molecule is COc1ccc(C2C(C(=O)OCc3ccccc3)=C(C)Nc3c2c(=O)n(C)c(=O)n3C)cc1OC. The van der Waals surface area contributed by atoms with E-state index in [0.717, 1.165) is 10.1 Å². The molecular weight excluding hydrogens is 450 g/mol. The smallest absolute Gasteiger partial charge is 0.337 e. The lowest BCUT2D eigenvalue weighted by molar-refractivity contribution is -0.140. The second kappa shape index (κ2) is 9.54. The standard InChI is InChI=1S/C26H27N3O6/c1-15-20(25(31)35-14-16-9-7-6-8-10-16)21(17-11-12-18(33-4)19(13-17)34-5)22-23(27-15)28(2)26(32)29(3)24(22)30/h6-13,21,27H,14H2,1-5H3. The highest BCUT2D eigenvalue weighted by atomic mass is 16.5. The number of ether oxygens (including phenoxy) is 3. The first-order valence-electron chi connectivity index (χ1n) is 11.0. The summed E-state index contributed by atoms with van der Waals surface area (Å²) in [4.78, 5) is 39.4. The molecule has 0 bridgehead atoms. The van der Waals surface area contributed by atoms with Gasteiger partial charge < -0.3 is 19.5 Å². The van der Waals surface area contributed by atoms with E-state index in [1.807, 2.05) is 30.3 Å². The number of hydrogen-bond acceptors (Lipinski definition) is 7. The van der Waals surface area contributed by atoms with E-state index in [2.05, 4.69) is 5.32 Å². The number of allylic oxidation sites excluding steroid dienone is 1. The molecule has 182 valence electrons. The van der Waals surface area contributed by atoms with Gasteiger partial charge in [-0.3, -0.25) is 13.9 Å². The fraction of sp³-hybridized carbons (Fsp3) is 0.269. The van der Waals surface area contributed by atoms with Crippen LogP contribution in [0.5, 0.6) is 11.5 Å². The molecule has 0 spiro atoms. The topological polar surface area (TPSA) is 101 Å². The Bertz CT molecular complexity index is 1440. The van der Waals surface area contributed by atoms with Gasteiger partial charge in [0.05, 0.1) is 31.3 Å². The minimum Gasteiger partial charge on any atom is -0.493 e. The van der Waals surface area contributed by atoms with Crippen molar-refractivity contribution in [3.05, 3.63) is 97.3 Å². The number of anilines is 1. The van der Waals surface area contributed by atoms with Crippen LogP contribution in [-0.2, 0) is 30.2 Å². The number of rotatable bonds is 6. The number of methoxy groups -OCH3 is 2. The zero-order chi connectivity index (χ0) is 25.3. The summed E-state index contributed by atoms with van der Waals surface area (Å²) in [6.07, 6.45) is 0. The van der Waals surface area contributed by atoms with Gasteiger partial charge in [0.2, 0.25) is 0 Å². The summed E-state index contributed by atoms with van der Waals surface area (Å²) in [6.45, 7) is 1.80. The first-order chi connectivity index (χ1) is 16.8. The molecule has 3 aromatic rings. The summed E-state index contributed by atoms with van der Waals surface area (Å²) < 4.78 is 18.9. The minimum absolute atomic E-state index is 0.0766. The van der Waals surface area contributed by atoms with Crippen LogP contribution in [0.25, 0.3) is 0 Å². The maximum absolute atomic E-state index is 13.4. The fourth-order valence-electron chi connectivity index (χ4n) is 4.32. The Morgan fingerprint density at radius 1 is 0.971 bits per heavy atom. The molecule has 1 aliphatic heterocycles. The van der Waals surface area contributed by atoms with E-state index in [4.69, 9.17) is 14.2 Å². The van der Waals surface area contributed by atoms with E-state index < -0.39 is 23.1 Å². The van der Waals surface area contributed by atoms with Crippen LogP contribution in [0.2, 0.25) is 0 Å². The largest absolute Gasteiger partial charge is 0.493 e. The van der Waals surface area contributed by atoms with Crippen LogP contribution in [0.15, 0.2) is 69.4 Å². The van der Waals surface area contributed by atoms with Crippen molar-refractivity contribution < 1.29 is 19.0 Å². The molecule has 35 heavy (non-hydrogen) atoms. The molecule has 9 heteroatoms. The number of carbonyl (C=O) groups excluding carboxylic acids is 1. The van der Waals surface area contributed by atoms with Crippen molar-refractivity contribution in [3.8, 4) is 11.5 Å². The Labute approximate surface area is 202 Å². The second-order valence-corrected chi connectivity index (χ2v) is 8.24. The van der Waals surface area contributed by atoms with Gasteiger partial charge in [-0.1, -0.05) is 36.4 Å². The summed E-state index contributed by atoms with van der Waals surface area (Å²) in [5.41, 5.74) is 1.50. The number of nitrogens with one attached hydrogen (secondary N) is 1. The van der Waals surface area contributed by atoms with E-state index in [1.54, 1.807) is 32.2 Å². The molecule has 0 saturated carbocycles. The van der Waals surface area contributed by atoms with Crippen molar-refractivity contribution in [2.24, 2.45) is 14.1 Å². The Morgan fingerprint density at radius 3 is 2.31 bits per heavy atom. The summed E-state index contributed by atoms with van der Waals surface area (Å²) in [6, 6.07) is 14.5. The Balaban J connectivity index is 1.89. The normalized spacial score (nSPS) is 14.7. The third-order valence-corrected chi connectivity index (χ3v) is 6.16. The van der Waals surface area contributed by atoms with Crippen molar-refractivity contribution in [1.82, 2.24) is 9.13 Å². The zero-order valence-electron chi connectivity index (χ0n) is 20.2. The number of carbonyl (C=O) groups is 1. The van der Waals surface area contributed by atoms with Crippen LogP contribution in [0.4, 0.5) is 5.82 Å². The van der Waals surface area contributed by atoms with Crippen LogP contribution in [-0.4, -0.2) is 29.3 Å². The molecule has 2 aromatic carbocycles. The first-order valence-corrected chi connectivity index (χ1v) is 11.0. The summed E-state index contributed by atoms with van der Waals surface area (Å²) in [5.74, 6) is -0.0934. The molecule has 4 rings (SSSR count). The van der Waals surface area contributed by atoms with Crippen LogP contribution < -0.4 is 26.0 Å². The predicted molar refractivity (Wildman–Crippen MR) is 131 cm³/mol. The molecule has 0 radical (unpaired) electrons. The molecule has 9 nitrogen and oxygen atoms in total. The molecular formula is C26H27N3O6. The molecule has 0 fully saturated rings. The quantitative estimate of drug-likeness (QED) is 0.545. The van der Waals surface area contributed by atoms with Crippen molar-refractivity contribution in [2.75, 3.05) is 19.5 Å². The molecule has 1 aliphatic rings. The Kier molecular flexibility index (Phi) is 6.50. The van der Waals surface area contributed by atoms with Crippen LogP contribution in [0, 0.1) is 0 Å². The van der Waals surface area contributed by atoms with Gasteiger partial charge in [-0.15, -0.1) is 0 Å². The molecule has 0 saturated heterocycles. The average molecular weight is 478 g/mol. The van der Waals surface area contributed by atoms with Gasteiger partial charge in [-0.2, -0.15) is 0 Å². The minimum atomic E-state index is -0.806. The van der Waals surface area contributed by atoms with Gasteiger partial charge in [0.15, 0.2) is 11.5 Å². The summed E-state index contributed by atoms with van der Waals surface area (Å²) in [5, 5.41) is 3.09. The average Bonchev–Trinajstić information content (AvgIpc) is 2.88. The molecule has 0 amide bonds. The molecule has 1 atom stereocenters. The van der Waals surface area contributed by atoms with Gasteiger partial charge in [0, 0.05) is 19.8 Å². The molecule has 0 aliphatic carbocycles. The highest BCUT2D eigenvalue weighted by Gasteiger charge is 2.37. The van der Waals surface area contributed by atoms with E-state index in [0.29, 0.717) is 28.6 Å². The van der Waals surface area contributed by atoms with Crippen LogP contribution in [0.3, 0.4) is 0 Å². The monoisotopic (exact) mass is 477 g/mol. The van der Waals surface area contributed by atoms with Crippen molar-refractivity contribution in [3.63, 3.8) is 0 Å². The summed E-state index contributed by atoms with van der Waals surface area (Å²) in [7, 11) is 6.02. The predicted octanol–water partition coefficient (Wildman–Crippen LogP) is 2.68. The van der Waals surface area contributed by atoms with Gasteiger partial charge in [0.25, 0.3) is 5.56 Å². The van der Waals surface area contributed by atoms with Crippen LogP contribution >= 0.6 is 0 Å². The zero-order valence-corrected chi connectivity index (χ0v) is 20.2. The molecule has 1 unspecified atom stereocenters. The van der Waals surface area contributed by atoms with Gasteiger partial charge >= 0.3 is 11.7 Å². The van der Waals surface area contributed by atoms with Gasteiger partial charge in [-0.05, 0) is 30.2 Å². The van der Waals surface area contributed by atoms with E-state index >= 15 is 0 Å². The molecule has 2 heterocycles. The fourth-order valence-corrected chi connectivity index (χ4v) is 4.32. The Hall–Kier alpha value is -4.27. The second-order valence-electron chi connectivity index (χ2n) is 8.24. The van der Waals surface area contributed by atoms with Crippen molar-refractivity contribution >= 4 is 11.8 Å². The number of benzene rings is 2. The van der Waals surface area contributed by atoms with Crippen LogP contribution in [0.1, 0.15) is 29.5 Å². The molecule has 1 aromatic heterocycles. The van der Waals surface area contributed by atoms with E-state index in [-0.39, 0.29) is 17.7 Å². The summed E-state index contributed by atoms with van der Waals surface area (Å²) >= 11 is 0. The number of esters is 1. The van der Waals surface area contributed by atoms with E-state index in [9.17, 15) is 14.4 Å². The third-order valence-electron chi connectivity index (χ3n) is 6.16.